The van der Waals surface area contributed by atoms with Crippen LogP contribution in [0.5, 0.6) is 5.75 Å². The van der Waals surface area contributed by atoms with Crippen molar-refractivity contribution in [1.82, 2.24) is 10.6 Å². The summed E-state index contributed by atoms with van der Waals surface area (Å²) in [7, 11) is 1.69. The van der Waals surface area contributed by atoms with E-state index in [4.69, 9.17) is 19.2 Å². The summed E-state index contributed by atoms with van der Waals surface area (Å²) in [6, 6.07) is 12.5. The molecule has 3 rings (SSSR count). The van der Waals surface area contributed by atoms with Gasteiger partial charge in [0.1, 0.15) is 5.75 Å². The van der Waals surface area contributed by atoms with Gasteiger partial charge in [-0.1, -0.05) is 0 Å². The maximum Gasteiger partial charge on any atom is 0.191 e. The number of thiophene rings is 1. The van der Waals surface area contributed by atoms with Crippen LogP contribution in [0.15, 0.2) is 41.4 Å². The zero-order valence-corrected chi connectivity index (χ0v) is 21.5. The summed E-state index contributed by atoms with van der Waals surface area (Å²) in [6.45, 7) is 7.72. The first-order valence-electron chi connectivity index (χ1n) is 10.7. The number of guanidine groups is 1. The Morgan fingerprint density at radius 3 is 2.74 bits per heavy atom. The molecule has 31 heavy (non-hydrogen) atoms. The molecule has 2 N–H and O–H groups in total. The molecule has 8 heteroatoms. The van der Waals surface area contributed by atoms with Gasteiger partial charge in [0, 0.05) is 42.0 Å². The minimum atomic E-state index is 0. The molecular formula is C23H34IN3O3S. The third-order valence-corrected chi connectivity index (χ3v) is 6.03. The van der Waals surface area contributed by atoms with E-state index in [0.717, 1.165) is 64.1 Å². The van der Waals surface area contributed by atoms with Crippen LogP contribution in [-0.4, -0.2) is 52.6 Å². The monoisotopic (exact) mass is 559 g/mol. The number of hydrogen-bond donors (Lipinski definition) is 2. The van der Waals surface area contributed by atoms with Crippen molar-refractivity contribution in [1.29, 1.82) is 0 Å². The fourth-order valence-electron chi connectivity index (χ4n) is 3.22. The fourth-order valence-corrected chi connectivity index (χ4v) is 4.16. The van der Waals surface area contributed by atoms with Crippen LogP contribution in [0.25, 0.3) is 10.4 Å². The molecule has 1 unspecified atom stereocenters. The molecule has 1 saturated heterocycles. The topological polar surface area (TPSA) is 64.1 Å². The van der Waals surface area contributed by atoms with E-state index < -0.39 is 0 Å². The number of methoxy groups -OCH3 is 1. The summed E-state index contributed by atoms with van der Waals surface area (Å²) in [6.07, 6.45) is 2.08. The summed E-state index contributed by atoms with van der Waals surface area (Å²) < 4.78 is 16.4. The SMILES string of the molecule is CCNC(=NCc1ccc(-c2ccc(OC)cc2)s1)NCCCOCC1CCOC1.I. The number of halogens is 1. The Labute approximate surface area is 206 Å². The van der Waals surface area contributed by atoms with Crippen LogP contribution < -0.4 is 15.4 Å². The van der Waals surface area contributed by atoms with Gasteiger partial charge in [0.05, 0.1) is 26.9 Å². The van der Waals surface area contributed by atoms with Gasteiger partial charge in [0.25, 0.3) is 0 Å². The number of hydrogen-bond acceptors (Lipinski definition) is 5. The molecule has 1 aliphatic heterocycles. The van der Waals surface area contributed by atoms with Crippen molar-refractivity contribution in [3.05, 3.63) is 41.3 Å². The lowest BCUT2D eigenvalue weighted by Gasteiger charge is -2.12. The van der Waals surface area contributed by atoms with E-state index in [9.17, 15) is 0 Å². The van der Waals surface area contributed by atoms with Crippen molar-refractivity contribution in [2.24, 2.45) is 10.9 Å². The molecule has 2 aromatic rings. The van der Waals surface area contributed by atoms with Gasteiger partial charge in [-0.3, -0.25) is 0 Å². The Hall–Kier alpha value is -1.36. The van der Waals surface area contributed by atoms with Crippen molar-refractivity contribution >= 4 is 41.3 Å². The molecule has 1 aliphatic rings. The van der Waals surface area contributed by atoms with E-state index in [1.807, 2.05) is 12.1 Å². The predicted molar refractivity (Wildman–Crippen MR) is 139 cm³/mol. The van der Waals surface area contributed by atoms with Crippen molar-refractivity contribution in [3.8, 4) is 16.2 Å². The van der Waals surface area contributed by atoms with Gasteiger partial charge in [0.15, 0.2) is 5.96 Å². The molecule has 172 valence electrons. The molecule has 2 heterocycles. The fraction of sp³-hybridized carbons (Fsp3) is 0.522. The van der Waals surface area contributed by atoms with Crippen molar-refractivity contribution in [3.63, 3.8) is 0 Å². The van der Waals surface area contributed by atoms with Crippen LogP contribution in [0.3, 0.4) is 0 Å². The lowest BCUT2D eigenvalue weighted by Crippen LogP contribution is -2.38. The summed E-state index contributed by atoms with van der Waals surface area (Å²) in [5.74, 6) is 2.30. The lowest BCUT2D eigenvalue weighted by atomic mass is 10.1. The Kier molecular flexibility index (Phi) is 12.2. The first kappa shape index (κ1) is 25.9. The van der Waals surface area contributed by atoms with Crippen LogP contribution in [0.4, 0.5) is 0 Å². The van der Waals surface area contributed by atoms with Gasteiger partial charge in [0.2, 0.25) is 0 Å². The van der Waals surface area contributed by atoms with E-state index in [1.54, 1.807) is 18.4 Å². The maximum atomic E-state index is 5.76. The highest BCUT2D eigenvalue weighted by Crippen LogP contribution is 2.29. The summed E-state index contributed by atoms with van der Waals surface area (Å²) in [5, 5.41) is 6.71. The molecule has 0 bridgehead atoms. The first-order chi connectivity index (χ1) is 14.8. The summed E-state index contributed by atoms with van der Waals surface area (Å²) in [5.41, 5.74) is 1.20. The van der Waals surface area contributed by atoms with Gasteiger partial charge < -0.3 is 24.8 Å². The second kappa shape index (κ2) is 14.7. The van der Waals surface area contributed by atoms with Crippen LogP contribution >= 0.6 is 35.3 Å². The molecule has 0 radical (unpaired) electrons. The second-order valence-electron chi connectivity index (χ2n) is 7.27. The molecule has 1 aromatic carbocycles. The van der Waals surface area contributed by atoms with E-state index >= 15 is 0 Å². The van der Waals surface area contributed by atoms with Crippen LogP contribution in [0, 0.1) is 5.92 Å². The van der Waals surface area contributed by atoms with Gasteiger partial charge in [-0.05, 0) is 61.7 Å². The summed E-state index contributed by atoms with van der Waals surface area (Å²) >= 11 is 1.77. The maximum absolute atomic E-state index is 5.76. The standard InChI is InChI=1S/C23H33N3O3S.HI/c1-3-24-23(25-12-4-13-28-16-18-11-14-29-17-18)26-15-21-9-10-22(30-21)19-5-7-20(27-2)8-6-19;/h5-10,18H,3-4,11-17H2,1-2H3,(H2,24,25,26);1H. The number of benzene rings is 1. The summed E-state index contributed by atoms with van der Waals surface area (Å²) in [4.78, 5) is 7.20. The van der Waals surface area contributed by atoms with Gasteiger partial charge >= 0.3 is 0 Å². The number of nitrogens with zero attached hydrogens (tertiary/aromatic N) is 1. The second-order valence-corrected chi connectivity index (χ2v) is 8.44. The number of nitrogens with one attached hydrogen (secondary N) is 2. The minimum absolute atomic E-state index is 0. The quantitative estimate of drug-likeness (QED) is 0.183. The van der Waals surface area contributed by atoms with Crippen LogP contribution in [0.1, 0.15) is 24.6 Å². The largest absolute Gasteiger partial charge is 0.497 e. The van der Waals surface area contributed by atoms with E-state index in [2.05, 4.69) is 41.8 Å². The molecule has 1 aromatic heterocycles. The molecule has 6 nitrogen and oxygen atoms in total. The number of ether oxygens (including phenoxy) is 3. The van der Waals surface area contributed by atoms with Gasteiger partial charge in [-0.2, -0.15) is 0 Å². The average molecular weight is 560 g/mol. The number of aliphatic imine (C=N–C) groups is 1. The zero-order chi connectivity index (χ0) is 21.0. The van der Waals surface area contributed by atoms with Crippen molar-refractivity contribution < 1.29 is 14.2 Å². The Bertz CT molecular complexity index is 777. The molecule has 1 atom stereocenters. The van der Waals surface area contributed by atoms with Crippen molar-refractivity contribution in [2.45, 2.75) is 26.3 Å². The molecule has 0 spiro atoms. The lowest BCUT2D eigenvalue weighted by molar-refractivity contribution is 0.0888. The molecule has 0 saturated carbocycles. The normalized spacial score (nSPS) is 16.1. The zero-order valence-electron chi connectivity index (χ0n) is 18.4. The van der Waals surface area contributed by atoms with Gasteiger partial charge in [-0.15, -0.1) is 35.3 Å². The smallest absolute Gasteiger partial charge is 0.191 e. The Morgan fingerprint density at radius 1 is 1.19 bits per heavy atom. The highest BCUT2D eigenvalue weighted by molar-refractivity contribution is 14.0. The predicted octanol–water partition coefficient (Wildman–Crippen LogP) is 4.54. The molecule has 0 aliphatic carbocycles. The van der Waals surface area contributed by atoms with Gasteiger partial charge in [-0.25, -0.2) is 4.99 Å². The average Bonchev–Trinajstić information content (AvgIpc) is 3.46. The number of rotatable bonds is 11. The van der Waals surface area contributed by atoms with E-state index in [1.165, 1.54) is 15.3 Å². The van der Waals surface area contributed by atoms with Crippen LogP contribution in [0.2, 0.25) is 0 Å². The molecule has 0 amide bonds. The third kappa shape index (κ3) is 8.96. The Balaban J connectivity index is 0.00000341. The van der Waals surface area contributed by atoms with E-state index in [0.29, 0.717) is 12.5 Å². The van der Waals surface area contributed by atoms with Crippen LogP contribution in [-0.2, 0) is 16.0 Å². The van der Waals surface area contributed by atoms with E-state index in [-0.39, 0.29) is 24.0 Å². The third-order valence-electron chi connectivity index (χ3n) is 4.91. The highest BCUT2D eigenvalue weighted by atomic mass is 127. The first-order valence-corrected chi connectivity index (χ1v) is 11.5. The van der Waals surface area contributed by atoms with Crippen molar-refractivity contribution in [2.75, 3.05) is 46.6 Å². The molecular weight excluding hydrogens is 525 g/mol. The molecule has 1 fully saturated rings. The minimum Gasteiger partial charge on any atom is -0.497 e. The highest BCUT2D eigenvalue weighted by Gasteiger charge is 2.15. The Morgan fingerprint density at radius 2 is 2.03 bits per heavy atom.